The van der Waals surface area contributed by atoms with Crippen molar-refractivity contribution in [2.75, 3.05) is 46.8 Å². The maximum atomic E-state index is 9.40. The van der Waals surface area contributed by atoms with Gasteiger partial charge in [-0.05, 0) is 0 Å². The van der Waals surface area contributed by atoms with Gasteiger partial charge >= 0.3 is 0 Å². The molecule has 0 aromatic heterocycles. The molecule has 1 N–H and O–H groups in total. The van der Waals surface area contributed by atoms with E-state index in [1.54, 1.807) is 7.11 Å². The van der Waals surface area contributed by atoms with Crippen LogP contribution in [0.3, 0.4) is 0 Å². The van der Waals surface area contributed by atoms with Gasteiger partial charge in [0.2, 0.25) is 0 Å². The average Bonchev–Trinajstić information content (AvgIpc) is 2.48. The largest absolute Gasteiger partial charge is 0.396 e. The molecule has 0 aromatic rings. The van der Waals surface area contributed by atoms with Crippen molar-refractivity contribution in [2.45, 2.75) is 40.3 Å². The number of aliphatic hydroxyl groups is 1. The molecule has 0 radical (unpaired) electrons. The lowest BCUT2D eigenvalue weighted by Gasteiger charge is -2.48. The number of ether oxygens (including phenoxy) is 5. The number of aliphatic hydroxyl groups excluding tert-OH is 1. The third kappa shape index (κ3) is 3.80. The van der Waals surface area contributed by atoms with E-state index < -0.39 is 11.7 Å². The molecule has 6 nitrogen and oxygen atoms in total. The first-order valence-corrected chi connectivity index (χ1v) is 7.81. The van der Waals surface area contributed by atoms with Crippen LogP contribution >= 0.6 is 0 Å². The molecule has 22 heavy (non-hydrogen) atoms. The van der Waals surface area contributed by atoms with Crippen LogP contribution in [0.15, 0.2) is 0 Å². The molecular formula is C16H30O6. The Morgan fingerprint density at radius 1 is 0.909 bits per heavy atom. The lowest BCUT2D eigenvalue weighted by atomic mass is 9.86. The molecule has 2 aliphatic rings. The zero-order valence-electron chi connectivity index (χ0n) is 14.4. The average molecular weight is 318 g/mol. The summed E-state index contributed by atoms with van der Waals surface area (Å²) in [5.41, 5.74) is -0.878. The second-order valence-corrected chi connectivity index (χ2v) is 7.98. The van der Waals surface area contributed by atoms with E-state index >= 15 is 0 Å². The Hall–Kier alpha value is -0.240. The van der Waals surface area contributed by atoms with Crippen LogP contribution in [0.2, 0.25) is 0 Å². The molecule has 2 saturated heterocycles. The van der Waals surface area contributed by atoms with E-state index in [1.165, 1.54) is 0 Å². The van der Waals surface area contributed by atoms with Gasteiger partial charge in [-0.2, -0.15) is 0 Å². The predicted octanol–water partition coefficient (Wildman–Crippen LogP) is 1.41. The van der Waals surface area contributed by atoms with Crippen molar-refractivity contribution < 1.29 is 28.8 Å². The van der Waals surface area contributed by atoms with Gasteiger partial charge in [-0.1, -0.05) is 27.7 Å². The highest BCUT2D eigenvalue weighted by Crippen LogP contribution is 2.38. The van der Waals surface area contributed by atoms with E-state index in [0.717, 1.165) is 0 Å². The molecule has 2 fully saturated rings. The van der Waals surface area contributed by atoms with Crippen LogP contribution in [-0.4, -0.2) is 64.4 Å². The maximum absolute atomic E-state index is 9.40. The van der Waals surface area contributed by atoms with Gasteiger partial charge in [0.1, 0.15) is 0 Å². The normalized spacial score (nSPS) is 34.1. The summed E-state index contributed by atoms with van der Waals surface area (Å²) in [5.74, 6) is 0. The highest BCUT2D eigenvalue weighted by molar-refractivity contribution is 4.88. The Morgan fingerprint density at radius 2 is 1.32 bits per heavy atom. The Bertz CT molecular complexity index is 350. The van der Waals surface area contributed by atoms with E-state index in [1.807, 2.05) is 13.8 Å². The molecule has 2 heterocycles. The Balaban J connectivity index is 1.87. The molecule has 2 aliphatic heterocycles. The minimum Gasteiger partial charge on any atom is -0.396 e. The van der Waals surface area contributed by atoms with Crippen molar-refractivity contribution in [3.63, 3.8) is 0 Å². The third-order valence-corrected chi connectivity index (χ3v) is 4.36. The standard InChI is InChI=1S/C16H30O6/c1-14(2,6-17)12-19-8-16(9-20-12)10-21-13(22-11-16)15(3,4)7-18-5/h12-13,17H,6-11H2,1-5H3. The summed E-state index contributed by atoms with van der Waals surface area (Å²) in [7, 11) is 1.68. The first-order valence-electron chi connectivity index (χ1n) is 7.81. The maximum Gasteiger partial charge on any atom is 0.164 e. The van der Waals surface area contributed by atoms with E-state index in [2.05, 4.69) is 13.8 Å². The highest BCUT2D eigenvalue weighted by Gasteiger charge is 2.47. The van der Waals surface area contributed by atoms with Crippen molar-refractivity contribution in [3.8, 4) is 0 Å². The monoisotopic (exact) mass is 318 g/mol. The molecule has 0 amide bonds. The van der Waals surface area contributed by atoms with Crippen molar-refractivity contribution in [3.05, 3.63) is 0 Å². The van der Waals surface area contributed by atoms with Crippen molar-refractivity contribution >= 4 is 0 Å². The molecule has 0 atom stereocenters. The van der Waals surface area contributed by atoms with E-state index in [0.29, 0.717) is 33.0 Å². The van der Waals surface area contributed by atoms with Gasteiger partial charge in [0.15, 0.2) is 12.6 Å². The summed E-state index contributed by atoms with van der Waals surface area (Å²) in [5, 5.41) is 9.40. The van der Waals surface area contributed by atoms with Crippen LogP contribution in [-0.2, 0) is 23.7 Å². The third-order valence-electron chi connectivity index (χ3n) is 4.36. The molecule has 2 rings (SSSR count). The van der Waals surface area contributed by atoms with Crippen molar-refractivity contribution in [1.82, 2.24) is 0 Å². The summed E-state index contributed by atoms with van der Waals surface area (Å²) in [6.07, 6.45) is -0.685. The van der Waals surface area contributed by atoms with Crippen LogP contribution in [0.1, 0.15) is 27.7 Å². The van der Waals surface area contributed by atoms with Gasteiger partial charge in [0.25, 0.3) is 0 Å². The van der Waals surface area contributed by atoms with Crippen LogP contribution in [0, 0.1) is 16.2 Å². The highest BCUT2D eigenvalue weighted by atomic mass is 16.7. The topological polar surface area (TPSA) is 66.4 Å². The van der Waals surface area contributed by atoms with Gasteiger partial charge in [0.05, 0.1) is 45.1 Å². The molecule has 6 heteroatoms. The molecule has 0 aliphatic carbocycles. The zero-order valence-corrected chi connectivity index (χ0v) is 14.4. The van der Waals surface area contributed by atoms with Gasteiger partial charge in [-0.25, -0.2) is 0 Å². The van der Waals surface area contributed by atoms with E-state index in [-0.39, 0.29) is 23.7 Å². The van der Waals surface area contributed by atoms with Gasteiger partial charge in [-0.15, -0.1) is 0 Å². The molecular weight excluding hydrogens is 288 g/mol. The summed E-state index contributed by atoms with van der Waals surface area (Å²) in [6, 6.07) is 0. The van der Waals surface area contributed by atoms with Crippen molar-refractivity contribution in [2.24, 2.45) is 16.2 Å². The lowest BCUT2D eigenvalue weighted by molar-refractivity contribution is -0.337. The molecule has 0 saturated carbocycles. The minimum atomic E-state index is -0.416. The Kier molecular flexibility index (Phi) is 5.52. The fourth-order valence-electron chi connectivity index (χ4n) is 2.77. The summed E-state index contributed by atoms with van der Waals surface area (Å²) in [6.45, 7) is 10.7. The molecule has 130 valence electrons. The fourth-order valence-corrected chi connectivity index (χ4v) is 2.77. The summed E-state index contributed by atoms with van der Waals surface area (Å²) >= 11 is 0. The van der Waals surface area contributed by atoms with Crippen LogP contribution in [0.25, 0.3) is 0 Å². The first-order chi connectivity index (χ1) is 10.2. The molecule has 0 unspecified atom stereocenters. The predicted molar refractivity (Wildman–Crippen MR) is 80.3 cm³/mol. The lowest BCUT2D eigenvalue weighted by Crippen LogP contribution is -2.56. The second kappa shape index (κ2) is 6.71. The van der Waals surface area contributed by atoms with Crippen LogP contribution in [0.4, 0.5) is 0 Å². The second-order valence-electron chi connectivity index (χ2n) is 7.98. The van der Waals surface area contributed by atoms with Gasteiger partial charge in [0, 0.05) is 17.9 Å². The molecule has 1 spiro atoms. The molecule has 0 aromatic carbocycles. The first kappa shape index (κ1) is 18.1. The van der Waals surface area contributed by atoms with E-state index in [4.69, 9.17) is 23.7 Å². The van der Waals surface area contributed by atoms with Gasteiger partial charge < -0.3 is 28.8 Å². The van der Waals surface area contributed by atoms with Crippen molar-refractivity contribution in [1.29, 1.82) is 0 Å². The smallest absolute Gasteiger partial charge is 0.164 e. The Labute approximate surface area is 133 Å². The summed E-state index contributed by atoms with van der Waals surface area (Å²) in [4.78, 5) is 0. The SMILES string of the molecule is COCC(C)(C)C1OCC2(COC(C(C)(C)CO)OC2)CO1. The summed E-state index contributed by atoms with van der Waals surface area (Å²) < 4.78 is 28.7. The minimum absolute atomic E-state index is 0.0188. The van der Waals surface area contributed by atoms with E-state index in [9.17, 15) is 5.11 Å². The van der Waals surface area contributed by atoms with Gasteiger partial charge in [-0.3, -0.25) is 0 Å². The fraction of sp³-hybridized carbons (Fsp3) is 1.00. The quantitative estimate of drug-likeness (QED) is 0.827. The number of hydrogen-bond donors (Lipinski definition) is 1. The molecule has 0 bridgehead atoms. The number of rotatable bonds is 5. The number of hydrogen-bond acceptors (Lipinski definition) is 6. The van der Waals surface area contributed by atoms with Crippen LogP contribution < -0.4 is 0 Å². The number of methoxy groups -OCH3 is 1. The zero-order chi connectivity index (χ0) is 16.4. The van der Waals surface area contributed by atoms with Crippen LogP contribution in [0.5, 0.6) is 0 Å². The Morgan fingerprint density at radius 3 is 1.68 bits per heavy atom.